The van der Waals surface area contributed by atoms with Gasteiger partial charge in [0.2, 0.25) is 5.91 Å². The molecule has 1 N–H and O–H groups in total. The average molecular weight is 169 g/mol. The molecule has 0 aromatic carbocycles. The van der Waals surface area contributed by atoms with Gasteiger partial charge in [0.1, 0.15) is 0 Å². The normalized spacial score (nSPS) is 12.2. The van der Waals surface area contributed by atoms with Crippen molar-refractivity contribution in [1.82, 2.24) is 5.32 Å². The zero-order valence-electron chi connectivity index (χ0n) is 8.31. The van der Waals surface area contributed by atoms with E-state index in [2.05, 4.69) is 25.7 Å². The van der Waals surface area contributed by atoms with Crippen molar-refractivity contribution in [3.05, 3.63) is 12.2 Å². The molecule has 0 saturated heterocycles. The highest BCUT2D eigenvalue weighted by Gasteiger charge is 2.02. The lowest BCUT2D eigenvalue weighted by Crippen LogP contribution is -2.25. The lowest BCUT2D eigenvalue weighted by Gasteiger charge is -2.08. The second-order valence-corrected chi connectivity index (χ2v) is 3.34. The van der Waals surface area contributed by atoms with Crippen LogP contribution in [-0.2, 0) is 4.79 Å². The first kappa shape index (κ1) is 11.2. The number of carbonyl (C=O) groups excluding carboxylic acids is 1. The summed E-state index contributed by atoms with van der Waals surface area (Å²) in [5.74, 6) is 0.661. The molecule has 70 valence electrons. The molecule has 0 aliphatic carbocycles. The van der Waals surface area contributed by atoms with E-state index < -0.39 is 0 Å². The van der Waals surface area contributed by atoms with Crippen molar-refractivity contribution < 1.29 is 4.79 Å². The van der Waals surface area contributed by atoms with Crippen molar-refractivity contribution in [2.75, 3.05) is 6.54 Å². The molecule has 0 aromatic rings. The van der Waals surface area contributed by atoms with Crippen molar-refractivity contribution in [3.63, 3.8) is 0 Å². The molecule has 12 heavy (non-hydrogen) atoms. The molecule has 0 heterocycles. The highest BCUT2D eigenvalue weighted by atomic mass is 16.1. The predicted octanol–water partition coefficient (Wildman–Crippen LogP) is 2.11. The van der Waals surface area contributed by atoms with Gasteiger partial charge in [0.15, 0.2) is 0 Å². The third-order valence-electron chi connectivity index (χ3n) is 2.01. The summed E-state index contributed by atoms with van der Waals surface area (Å²) in [7, 11) is 0. The van der Waals surface area contributed by atoms with Crippen LogP contribution >= 0.6 is 0 Å². The second kappa shape index (κ2) is 5.81. The van der Waals surface area contributed by atoms with Crippen LogP contribution < -0.4 is 5.32 Å². The minimum Gasteiger partial charge on any atom is -0.352 e. The summed E-state index contributed by atoms with van der Waals surface area (Å²) >= 11 is 0. The molecule has 0 saturated carbocycles. The van der Waals surface area contributed by atoms with Gasteiger partial charge < -0.3 is 5.32 Å². The van der Waals surface area contributed by atoms with Gasteiger partial charge in [-0.05, 0) is 19.3 Å². The van der Waals surface area contributed by atoms with Crippen LogP contribution in [0.15, 0.2) is 12.2 Å². The van der Waals surface area contributed by atoms with Gasteiger partial charge in [-0.1, -0.05) is 26.8 Å². The van der Waals surface area contributed by atoms with E-state index in [0.717, 1.165) is 13.0 Å². The first-order valence-corrected chi connectivity index (χ1v) is 4.51. The van der Waals surface area contributed by atoms with Crippen LogP contribution in [0, 0.1) is 5.92 Å². The molecule has 1 unspecified atom stereocenters. The van der Waals surface area contributed by atoms with E-state index in [1.165, 1.54) is 6.42 Å². The molecule has 0 bridgehead atoms. The zero-order chi connectivity index (χ0) is 9.56. The molecular weight excluding hydrogens is 150 g/mol. The lowest BCUT2D eigenvalue weighted by molar-refractivity contribution is -0.117. The van der Waals surface area contributed by atoms with E-state index in [1.54, 1.807) is 6.92 Å². The fourth-order valence-electron chi connectivity index (χ4n) is 0.787. The van der Waals surface area contributed by atoms with Crippen LogP contribution in [0.2, 0.25) is 0 Å². The molecule has 0 aliphatic heterocycles. The van der Waals surface area contributed by atoms with Gasteiger partial charge in [0.25, 0.3) is 0 Å². The van der Waals surface area contributed by atoms with Crippen molar-refractivity contribution in [3.8, 4) is 0 Å². The fourth-order valence-corrected chi connectivity index (χ4v) is 0.787. The van der Waals surface area contributed by atoms with E-state index in [0.29, 0.717) is 11.5 Å². The Bertz CT molecular complexity index is 163. The third-order valence-corrected chi connectivity index (χ3v) is 2.01. The van der Waals surface area contributed by atoms with Gasteiger partial charge in [-0.25, -0.2) is 0 Å². The Kier molecular flexibility index (Phi) is 5.43. The molecular formula is C10H19NO. The average Bonchev–Trinajstić information content (AvgIpc) is 2.03. The summed E-state index contributed by atoms with van der Waals surface area (Å²) in [6.07, 6.45) is 2.22. The number of hydrogen-bond acceptors (Lipinski definition) is 1. The van der Waals surface area contributed by atoms with Crippen LogP contribution in [0.1, 0.15) is 33.6 Å². The van der Waals surface area contributed by atoms with Gasteiger partial charge >= 0.3 is 0 Å². The Balaban J connectivity index is 3.44. The standard InChI is InChI=1S/C10H19NO/c1-5-9(4)6-7-11-10(12)8(2)3/h9H,2,5-7H2,1,3-4H3,(H,11,12). The highest BCUT2D eigenvalue weighted by Crippen LogP contribution is 2.04. The summed E-state index contributed by atoms with van der Waals surface area (Å²) in [6, 6.07) is 0. The van der Waals surface area contributed by atoms with Crippen LogP contribution in [0.25, 0.3) is 0 Å². The molecule has 0 radical (unpaired) electrons. The van der Waals surface area contributed by atoms with E-state index in [1.807, 2.05) is 0 Å². The minimum absolute atomic E-state index is 0.0293. The van der Waals surface area contributed by atoms with Crippen LogP contribution in [0.3, 0.4) is 0 Å². The first-order valence-electron chi connectivity index (χ1n) is 4.51. The number of rotatable bonds is 5. The molecule has 0 fully saturated rings. The molecule has 1 atom stereocenters. The number of nitrogens with one attached hydrogen (secondary N) is 1. The Morgan fingerprint density at radius 2 is 2.17 bits per heavy atom. The second-order valence-electron chi connectivity index (χ2n) is 3.34. The van der Waals surface area contributed by atoms with Crippen molar-refractivity contribution in [2.24, 2.45) is 5.92 Å². The number of carbonyl (C=O) groups is 1. The molecule has 2 heteroatoms. The summed E-state index contributed by atoms with van der Waals surface area (Å²) in [6.45, 7) is 10.4. The van der Waals surface area contributed by atoms with Gasteiger partial charge in [-0.3, -0.25) is 4.79 Å². The highest BCUT2D eigenvalue weighted by molar-refractivity contribution is 5.91. The lowest BCUT2D eigenvalue weighted by atomic mass is 10.1. The minimum atomic E-state index is -0.0293. The molecule has 0 aromatic heterocycles. The largest absolute Gasteiger partial charge is 0.352 e. The van der Waals surface area contributed by atoms with Gasteiger partial charge in [0.05, 0.1) is 0 Å². The summed E-state index contributed by atoms with van der Waals surface area (Å²) in [4.78, 5) is 11.0. The van der Waals surface area contributed by atoms with Crippen molar-refractivity contribution in [1.29, 1.82) is 0 Å². The molecule has 1 amide bonds. The number of hydrogen-bond donors (Lipinski definition) is 1. The van der Waals surface area contributed by atoms with Crippen molar-refractivity contribution in [2.45, 2.75) is 33.6 Å². The van der Waals surface area contributed by atoms with Crippen LogP contribution in [0.4, 0.5) is 0 Å². The van der Waals surface area contributed by atoms with E-state index in [9.17, 15) is 4.79 Å². The quantitative estimate of drug-likeness (QED) is 0.627. The Morgan fingerprint density at radius 1 is 1.58 bits per heavy atom. The van der Waals surface area contributed by atoms with Crippen LogP contribution in [0.5, 0.6) is 0 Å². The Labute approximate surface area is 75.0 Å². The van der Waals surface area contributed by atoms with E-state index in [4.69, 9.17) is 0 Å². The summed E-state index contributed by atoms with van der Waals surface area (Å²) in [5, 5.41) is 2.81. The first-order chi connectivity index (χ1) is 5.57. The van der Waals surface area contributed by atoms with Crippen LogP contribution in [-0.4, -0.2) is 12.5 Å². The van der Waals surface area contributed by atoms with Gasteiger partial charge in [-0.2, -0.15) is 0 Å². The maximum atomic E-state index is 11.0. The Morgan fingerprint density at radius 3 is 2.58 bits per heavy atom. The smallest absolute Gasteiger partial charge is 0.246 e. The number of amides is 1. The molecule has 0 rings (SSSR count). The van der Waals surface area contributed by atoms with Gasteiger partial charge in [-0.15, -0.1) is 0 Å². The maximum Gasteiger partial charge on any atom is 0.246 e. The van der Waals surface area contributed by atoms with E-state index in [-0.39, 0.29) is 5.91 Å². The fraction of sp³-hybridized carbons (Fsp3) is 0.700. The third kappa shape index (κ3) is 4.94. The topological polar surface area (TPSA) is 29.1 Å². The molecule has 2 nitrogen and oxygen atoms in total. The maximum absolute atomic E-state index is 11.0. The summed E-state index contributed by atoms with van der Waals surface area (Å²) in [5.41, 5.74) is 0.583. The molecule has 0 aliphatic rings. The Hall–Kier alpha value is -0.790. The zero-order valence-corrected chi connectivity index (χ0v) is 8.31. The van der Waals surface area contributed by atoms with Crippen molar-refractivity contribution >= 4 is 5.91 Å². The molecule has 0 spiro atoms. The monoisotopic (exact) mass is 169 g/mol. The SMILES string of the molecule is C=C(C)C(=O)NCCC(C)CC. The predicted molar refractivity (Wildman–Crippen MR) is 51.9 cm³/mol. The van der Waals surface area contributed by atoms with Gasteiger partial charge in [0, 0.05) is 12.1 Å². The van der Waals surface area contributed by atoms with E-state index >= 15 is 0 Å². The summed E-state index contributed by atoms with van der Waals surface area (Å²) < 4.78 is 0.